The van der Waals surface area contributed by atoms with Gasteiger partial charge in [0.15, 0.2) is 0 Å². The van der Waals surface area contributed by atoms with Crippen LogP contribution in [0.5, 0.6) is 0 Å². The second-order valence-electron chi connectivity index (χ2n) is 4.00. The molecule has 1 N–H and O–H groups in total. The monoisotopic (exact) mass is 314 g/mol. The van der Waals surface area contributed by atoms with Crippen molar-refractivity contribution in [1.82, 2.24) is 10.3 Å². The van der Waals surface area contributed by atoms with Gasteiger partial charge in [0.25, 0.3) is 5.91 Å². The van der Waals surface area contributed by atoms with Gasteiger partial charge in [-0.3, -0.25) is 4.79 Å². The van der Waals surface area contributed by atoms with Crippen LogP contribution in [0.1, 0.15) is 42.8 Å². The lowest BCUT2D eigenvalue weighted by atomic mass is 10.3. The van der Waals surface area contributed by atoms with E-state index in [-0.39, 0.29) is 16.0 Å². The van der Waals surface area contributed by atoms with Crippen molar-refractivity contribution in [3.63, 3.8) is 0 Å². The smallest absolute Gasteiger partial charge is 0.263 e. The van der Waals surface area contributed by atoms with Crippen LogP contribution in [0.3, 0.4) is 0 Å². The van der Waals surface area contributed by atoms with Crippen molar-refractivity contribution in [3.8, 4) is 11.8 Å². The highest BCUT2D eigenvalue weighted by Gasteiger charge is 2.18. The minimum Gasteiger partial charge on any atom is -0.350 e. The summed E-state index contributed by atoms with van der Waals surface area (Å²) in [5.74, 6) is 5.62. The maximum Gasteiger partial charge on any atom is 0.263 e. The van der Waals surface area contributed by atoms with Crippen LogP contribution in [-0.2, 0) is 9.84 Å². The Labute approximate surface area is 123 Å². The van der Waals surface area contributed by atoms with Crippen molar-refractivity contribution in [2.45, 2.75) is 37.4 Å². The molecular formula is C13H18N2O3S2. The van der Waals surface area contributed by atoms with Crippen LogP contribution in [0.25, 0.3) is 0 Å². The third-order valence-electron chi connectivity index (χ3n) is 2.39. The summed E-state index contributed by atoms with van der Waals surface area (Å²) in [5, 5.41) is 2.69. The Bertz CT molecular complexity index is 609. The quantitative estimate of drug-likeness (QED) is 0.642. The molecule has 0 aliphatic heterocycles. The average Bonchev–Trinajstić information content (AvgIpc) is 2.93. The lowest BCUT2D eigenvalue weighted by Gasteiger charge is -1.98. The van der Waals surface area contributed by atoms with E-state index in [4.69, 9.17) is 0 Å². The minimum absolute atomic E-state index is 0.00659. The molecule has 1 amide bonds. The van der Waals surface area contributed by atoms with Crippen LogP contribution in [0.4, 0.5) is 0 Å². The van der Waals surface area contributed by atoms with Gasteiger partial charge in [-0.05, 0) is 6.42 Å². The Morgan fingerprint density at radius 1 is 1.35 bits per heavy atom. The molecule has 110 valence electrons. The summed E-state index contributed by atoms with van der Waals surface area (Å²) in [5.41, 5.74) is 0. The van der Waals surface area contributed by atoms with Crippen LogP contribution < -0.4 is 5.32 Å². The van der Waals surface area contributed by atoms with E-state index in [1.54, 1.807) is 6.92 Å². The van der Waals surface area contributed by atoms with Gasteiger partial charge >= 0.3 is 0 Å². The number of aromatic nitrogens is 1. The standard InChI is InChI=1S/C13H18N2O3S2/c1-3-5-6-7-8-9-14-12(16)11-10-15-13(19-11)20(17,18)4-2/h10H,3-5,8-9H2,1-2H3,(H,14,16). The fourth-order valence-corrected chi connectivity index (χ4v) is 3.41. The molecule has 7 heteroatoms. The number of nitrogens with zero attached hydrogens (tertiary/aromatic N) is 1. The van der Waals surface area contributed by atoms with Crippen LogP contribution in [0.15, 0.2) is 10.5 Å². The lowest BCUT2D eigenvalue weighted by molar-refractivity contribution is 0.0958. The first-order valence-corrected chi connectivity index (χ1v) is 8.90. The summed E-state index contributed by atoms with van der Waals surface area (Å²) in [6.45, 7) is 4.05. The predicted octanol–water partition coefficient (Wildman–Crippen LogP) is 1.86. The third kappa shape index (κ3) is 4.94. The number of rotatable bonds is 6. The van der Waals surface area contributed by atoms with E-state index >= 15 is 0 Å². The molecule has 0 aliphatic carbocycles. The summed E-state index contributed by atoms with van der Waals surface area (Å²) in [4.78, 5) is 15.9. The maximum absolute atomic E-state index is 11.8. The molecule has 0 unspecified atom stereocenters. The molecule has 1 aromatic rings. The van der Waals surface area contributed by atoms with Gasteiger partial charge in [-0.25, -0.2) is 13.4 Å². The Morgan fingerprint density at radius 2 is 2.05 bits per heavy atom. The SMILES string of the molecule is CCCC#CCCNC(=O)c1cnc(S(=O)(=O)CC)s1. The fourth-order valence-electron chi connectivity index (χ4n) is 1.26. The van der Waals surface area contributed by atoms with E-state index in [9.17, 15) is 13.2 Å². The first kappa shape index (κ1) is 16.7. The van der Waals surface area contributed by atoms with Crippen molar-refractivity contribution in [3.05, 3.63) is 11.1 Å². The van der Waals surface area contributed by atoms with Gasteiger partial charge in [0, 0.05) is 19.4 Å². The Balaban J connectivity index is 2.52. The van der Waals surface area contributed by atoms with Crippen molar-refractivity contribution >= 4 is 27.1 Å². The maximum atomic E-state index is 11.8. The summed E-state index contributed by atoms with van der Waals surface area (Å²) in [7, 11) is -3.34. The molecule has 0 radical (unpaired) electrons. The highest BCUT2D eigenvalue weighted by molar-refractivity contribution is 7.93. The van der Waals surface area contributed by atoms with Gasteiger partial charge < -0.3 is 5.32 Å². The Morgan fingerprint density at radius 3 is 2.70 bits per heavy atom. The first-order valence-electron chi connectivity index (χ1n) is 6.43. The van der Waals surface area contributed by atoms with E-state index in [1.807, 2.05) is 0 Å². The van der Waals surface area contributed by atoms with Crippen molar-refractivity contribution in [2.24, 2.45) is 0 Å². The minimum atomic E-state index is -3.34. The van der Waals surface area contributed by atoms with Crippen molar-refractivity contribution < 1.29 is 13.2 Å². The molecule has 0 saturated heterocycles. The number of sulfone groups is 1. The van der Waals surface area contributed by atoms with Crippen molar-refractivity contribution in [2.75, 3.05) is 12.3 Å². The van der Waals surface area contributed by atoms with E-state index in [1.165, 1.54) is 6.20 Å². The van der Waals surface area contributed by atoms with Gasteiger partial charge in [-0.2, -0.15) is 0 Å². The van der Waals surface area contributed by atoms with Gasteiger partial charge in [-0.1, -0.05) is 25.2 Å². The molecular weight excluding hydrogens is 296 g/mol. The lowest BCUT2D eigenvalue weighted by Crippen LogP contribution is -2.23. The summed E-state index contributed by atoms with van der Waals surface area (Å²) in [6, 6.07) is 0. The average molecular weight is 314 g/mol. The van der Waals surface area contributed by atoms with E-state index < -0.39 is 9.84 Å². The van der Waals surface area contributed by atoms with Crippen molar-refractivity contribution in [1.29, 1.82) is 0 Å². The Kier molecular flexibility index (Phi) is 6.68. The second kappa shape index (κ2) is 8.02. The van der Waals surface area contributed by atoms with E-state index in [0.717, 1.165) is 24.2 Å². The normalized spacial score (nSPS) is 10.7. The molecule has 0 spiro atoms. The number of hydrogen-bond donors (Lipinski definition) is 1. The fraction of sp³-hybridized carbons (Fsp3) is 0.538. The van der Waals surface area contributed by atoms with Crippen LogP contribution in [-0.4, -0.2) is 31.6 Å². The van der Waals surface area contributed by atoms with Gasteiger partial charge in [-0.15, -0.1) is 11.8 Å². The molecule has 1 rings (SSSR count). The van der Waals surface area contributed by atoms with Gasteiger partial charge in [0.05, 0.1) is 11.9 Å². The molecule has 0 bridgehead atoms. The third-order valence-corrected chi connectivity index (χ3v) is 5.59. The summed E-state index contributed by atoms with van der Waals surface area (Å²) in [6.07, 6.45) is 3.77. The largest absolute Gasteiger partial charge is 0.350 e. The molecule has 0 atom stereocenters. The Hall–Kier alpha value is -1.39. The topological polar surface area (TPSA) is 76.1 Å². The van der Waals surface area contributed by atoms with E-state index in [2.05, 4.69) is 29.1 Å². The number of carbonyl (C=O) groups excluding carboxylic acids is 1. The molecule has 1 aromatic heterocycles. The number of thiazole rings is 1. The van der Waals surface area contributed by atoms with Gasteiger partial charge in [0.1, 0.15) is 4.88 Å². The van der Waals surface area contributed by atoms with Crippen LogP contribution in [0.2, 0.25) is 0 Å². The van der Waals surface area contributed by atoms with Gasteiger partial charge in [0.2, 0.25) is 14.2 Å². The molecule has 1 heterocycles. The number of unbranched alkanes of at least 4 members (excludes halogenated alkanes) is 1. The second-order valence-corrected chi connectivity index (χ2v) is 7.49. The number of nitrogens with one attached hydrogen (secondary N) is 1. The molecule has 0 saturated carbocycles. The highest BCUT2D eigenvalue weighted by atomic mass is 32.2. The zero-order chi connectivity index (χ0) is 15.0. The molecule has 0 fully saturated rings. The first-order chi connectivity index (χ1) is 9.51. The molecule has 0 aliphatic rings. The van der Waals surface area contributed by atoms with Crippen LogP contribution >= 0.6 is 11.3 Å². The van der Waals surface area contributed by atoms with E-state index in [0.29, 0.717) is 17.8 Å². The summed E-state index contributed by atoms with van der Waals surface area (Å²) < 4.78 is 23.2. The predicted molar refractivity (Wildman–Crippen MR) is 79.5 cm³/mol. The highest BCUT2D eigenvalue weighted by Crippen LogP contribution is 2.19. The van der Waals surface area contributed by atoms with Crippen LogP contribution in [0, 0.1) is 11.8 Å². The molecule has 5 nitrogen and oxygen atoms in total. The zero-order valence-corrected chi connectivity index (χ0v) is 13.2. The number of hydrogen-bond acceptors (Lipinski definition) is 5. The molecule has 0 aromatic carbocycles. The molecule has 20 heavy (non-hydrogen) atoms. The number of carbonyl (C=O) groups is 1. The zero-order valence-electron chi connectivity index (χ0n) is 11.6. The summed E-state index contributed by atoms with van der Waals surface area (Å²) >= 11 is 0.897. The number of amides is 1.